The van der Waals surface area contributed by atoms with Gasteiger partial charge in [0.15, 0.2) is 0 Å². The van der Waals surface area contributed by atoms with Crippen LogP contribution in [0.5, 0.6) is 0 Å². The molecule has 0 heterocycles. The molecular formula is C16H16FNO4S. The second kappa shape index (κ2) is 7.34. The summed E-state index contributed by atoms with van der Waals surface area (Å²) in [5.74, 6) is -1.98. The maximum Gasteiger partial charge on any atom is 0.318 e. The summed E-state index contributed by atoms with van der Waals surface area (Å²) in [6.07, 6.45) is 0. The molecule has 0 aliphatic rings. The van der Waals surface area contributed by atoms with Crippen LogP contribution in [0.1, 0.15) is 11.1 Å². The summed E-state index contributed by atoms with van der Waals surface area (Å²) in [7, 11) is -3.82. The summed E-state index contributed by atoms with van der Waals surface area (Å²) < 4.78 is 38.8. The monoisotopic (exact) mass is 337 g/mol. The number of sulfonamides is 1. The zero-order valence-electron chi connectivity index (χ0n) is 12.2. The molecule has 0 saturated heterocycles. The number of rotatable bonds is 7. The predicted molar refractivity (Wildman–Crippen MR) is 83.5 cm³/mol. The van der Waals surface area contributed by atoms with Crippen LogP contribution >= 0.6 is 0 Å². The van der Waals surface area contributed by atoms with Gasteiger partial charge in [0.1, 0.15) is 12.4 Å². The third kappa shape index (κ3) is 5.15. The van der Waals surface area contributed by atoms with Gasteiger partial charge in [-0.25, -0.2) is 12.8 Å². The van der Waals surface area contributed by atoms with Crippen molar-refractivity contribution < 1.29 is 22.7 Å². The van der Waals surface area contributed by atoms with Crippen molar-refractivity contribution in [2.75, 3.05) is 6.54 Å². The van der Waals surface area contributed by atoms with Gasteiger partial charge in [-0.3, -0.25) is 4.79 Å². The molecule has 122 valence electrons. The van der Waals surface area contributed by atoms with Crippen LogP contribution in [0.3, 0.4) is 0 Å². The highest BCUT2D eigenvalue weighted by Crippen LogP contribution is 2.15. The smallest absolute Gasteiger partial charge is 0.318 e. The van der Waals surface area contributed by atoms with Gasteiger partial charge in [-0.15, -0.1) is 0 Å². The Bertz CT molecular complexity index is 760. The summed E-state index contributed by atoms with van der Waals surface area (Å²) in [6, 6.07) is 13.8. The Kier molecular flexibility index (Phi) is 5.46. The molecular weight excluding hydrogens is 321 g/mol. The molecule has 1 N–H and O–H groups in total. The molecule has 0 radical (unpaired) electrons. The van der Waals surface area contributed by atoms with Gasteiger partial charge in [-0.2, -0.15) is 4.31 Å². The van der Waals surface area contributed by atoms with E-state index in [1.54, 1.807) is 30.3 Å². The quantitative estimate of drug-likeness (QED) is 0.841. The SMILES string of the molecule is O=C(O)CN(Cc1ccc(F)cc1)S(=O)(=O)Cc1ccccc1. The minimum atomic E-state index is -3.82. The molecule has 0 unspecified atom stereocenters. The van der Waals surface area contributed by atoms with Crippen molar-refractivity contribution in [1.82, 2.24) is 4.31 Å². The first-order chi connectivity index (χ1) is 10.9. The zero-order valence-corrected chi connectivity index (χ0v) is 13.0. The first-order valence-corrected chi connectivity index (χ1v) is 8.46. The van der Waals surface area contributed by atoms with Gasteiger partial charge >= 0.3 is 5.97 Å². The zero-order chi connectivity index (χ0) is 16.9. The molecule has 0 saturated carbocycles. The largest absolute Gasteiger partial charge is 0.480 e. The van der Waals surface area contributed by atoms with Crippen LogP contribution in [0.25, 0.3) is 0 Å². The number of hydrogen-bond donors (Lipinski definition) is 1. The fourth-order valence-corrected chi connectivity index (χ4v) is 3.52. The van der Waals surface area contributed by atoms with E-state index in [0.717, 1.165) is 4.31 Å². The molecule has 0 bridgehead atoms. The van der Waals surface area contributed by atoms with E-state index in [-0.39, 0.29) is 12.3 Å². The third-order valence-electron chi connectivity index (χ3n) is 3.17. The molecule has 2 aromatic rings. The van der Waals surface area contributed by atoms with Crippen molar-refractivity contribution in [2.45, 2.75) is 12.3 Å². The van der Waals surface area contributed by atoms with Crippen LogP contribution in [0.15, 0.2) is 54.6 Å². The number of carboxylic acids is 1. The van der Waals surface area contributed by atoms with Gasteiger partial charge in [0.2, 0.25) is 10.0 Å². The molecule has 0 fully saturated rings. The molecule has 0 spiro atoms. The normalized spacial score (nSPS) is 11.6. The molecule has 0 aliphatic carbocycles. The van der Waals surface area contributed by atoms with Crippen LogP contribution in [0.4, 0.5) is 4.39 Å². The van der Waals surface area contributed by atoms with Gasteiger partial charge in [-0.1, -0.05) is 42.5 Å². The van der Waals surface area contributed by atoms with Gasteiger partial charge in [0, 0.05) is 6.54 Å². The minimum absolute atomic E-state index is 0.123. The highest BCUT2D eigenvalue weighted by atomic mass is 32.2. The number of aliphatic carboxylic acids is 1. The van der Waals surface area contributed by atoms with Crippen molar-refractivity contribution in [2.24, 2.45) is 0 Å². The van der Waals surface area contributed by atoms with Crippen molar-refractivity contribution >= 4 is 16.0 Å². The Hall–Kier alpha value is -2.25. The molecule has 2 rings (SSSR count). The second-order valence-corrected chi connectivity index (χ2v) is 7.00. The van der Waals surface area contributed by atoms with E-state index in [1.165, 1.54) is 24.3 Å². The fourth-order valence-electron chi connectivity index (χ4n) is 2.07. The number of carbonyl (C=O) groups is 1. The predicted octanol–water partition coefficient (Wildman–Crippen LogP) is 2.24. The lowest BCUT2D eigenvalue weighted by Crippen LogP contribution is -2.36. The summed E-state index contributed by atoms with van der Waals surface area (Å²) in [5, 5.41) is 8.97. The van der Waals surface area contributed by atoms with Crippen molar-refractivity contribution in [3.05, 3.63) is 71.5 Å². The maximum absolute atomic E-state index is 12.9. The van der Waals surface area contributed by atoms with Gasteiger partial charge in [-0.05, 0) is 23.3 Å². The standard InChI is InChI=1S/C16H16FNO4S/c17-15-8-6-13(7-9-15)10-18(11-16(19)20)23(21,22)12-14-4-2-1-3-5-14/h1-9H,10-12H2,(H,19,20). The van der Waals surface area contributed by atoms with Crippen LogP contribution in [-0.4, -0.2) is 30.3 Å². The molecule has 2 aromatic carbocycles. The molecule has 0 aliphatic heterocycles. The second-order valence-electron chi connectivity index (χ2n) is 5.03. The lowest BCUT2D eigenvalue weighted by atomic mass is 10.2. The van der Waals surface area contributed by atoms with E-state index >= 15 is 0 Å². The first-order valence-electron chi connectivity index (χ1n) is 6.85. The van der Waals surface area contributed by atoms with Crippen LogP contribution in [0.2, 0.25) is 0 Å². The minimum Gasteiger partial charge on any atom is -0.480 e. The molecule has 23 heavy (non-hydrogen) atoms. The van der Waals surface area contributed by atoms with Crippen molar-refractivity contribution in [3.8, 4) is 0 Å². The molecule has 7 heteroatoms. The Morgan fingerprint density at radius 2 is 1.61 bits per heavy atom. The maximum atomic E-state index is 12.9. The average Bonchev–Trinajstić information content (AvgIpc) is 2.49. The molecule has 0 aromatic heterocycles. The van der Waals surface area contributed by atoms with Gasteiger partial charge in [0.05, 0.1) is 5.75 Å². The Balaban J connectivity index is 2.22. The Morgan fingerprint density at radius 3 is 2.17 bits per heavy atom. The number of benzene rings is 2. The highest BCUT2D eigenvalue weighted by molar-refractivity contribution is 7.88. The van der Waals surface area contributed by atoms with E-state index in [9.17, 15) is 17.6 Å². The topological polar surface area (TPSA) is 74.7 Å². The van der Waals surface area contributed by atoms with Gasteiger partial charge in [0.25, 0.3) is 0 Å². The number of carboxylic acid groups (broad SMARTS) is 1. The van der Waals surface area contributed by atoms with E-state index in [2.05, 4.69) is 0 Å². The van der Waals surface area contributed by atoms with Crippen molar-refractivity contribution in [1.29, 1.82) is 0 Å². The first kappa shape index (κ1) is 17.1. The Labute approximate surface area is 134 Å². The molecule has 0 atom stereocenters. The lowest BCUT2D eigenvalue weighted by molar-refractivity contribution is -0.137. The summed E-state index contributed by atoms with van der Waals surface area (Å²) in [6.45, 7) is -0.770. The van der Waals surface area contributed by atoms with Crippen LogP contribution in [-0.2, 0) is 27.1 Å². The average molecular weight is 337 g/mol. The van der Waals surface area contributed by atoms with Gasteiger partial charge < -0.3 is 5.11 Å². The fraction of sp³-hybridized carbons (Fsp3) is 0.188. The van der Waals surface area contributed by atoms with Crippen LogP contribution < -0.4 is 0 Å². The van der Waals surface area contributed by atoms with Crippen LogP contribution in [0, 0.1) is 5.82 Å². The Morgan fingerprint density at radius 1 is 1.00 bits per heavy atom. The highest BCUT2D eigenvalue weighted by Gasteiger charge is 2.25. The summed E-state index contributed by atoms with van der Waals surface area (Å²) in [5.41, 5.74) is 1.09. The number of hydrogen-bond acceptors (Lipinski definition) is 3. The molecule has 0 amide bonds. The van der Waals surface area contributed by atoms with Crippen molar-refractivity contribution in [3.63, 3.8) is 0 Å². The summed E-state index contributed by atoms with van der Waals surface area (Å²) >= 11 is 0. The summed E-state index contributed by atoms with van der Waals surface area (Å²) in [4.78, 5) is 11.0. The number of halogens is 1. The molecule has 5 nitrogen and oxygen atoms in total. The van der Waals surface area contributed by atoms with E-state index in [4.69, 9.17) is 5.11 Å². The lowest BCUT2D eigenvalue weighted by Gasteiger charge is -2.20. The third-order valence-corrected chi connectivity index (χ3v) is 4.91. The number of nitrogens with zero attached hydrogens (tertiary/aromatic N) is 1. The van der Waals surface area contributed by atoms with E-state index in [0.29, 0.717) is 11.1 Å². The van der Waals surface area contributed by atoms with E-state index < -0.39 is 28.4 Å². The van der Waals surface area contributed by atoms with E-state index in [1.807, 2.05) is 0 Å².